The van der Waals surface area contributed by atoms with Crippen molar-refractivity contribution in [2.75, 3.05) is 19.0 Å². The summed E-state index contributed by atoms with van der Waals surface area (Å²) in [5.41, 5.74) is 1.03. The molecular weight excluding hydrogens is 240 g/mol. The first kappa shape index (κ1) is 13.2. The number of rotatable bonds is 6. The summed E-state index contributed by atoms with van der Waals surface area (Å²) >= 11 is 0. The first-order valence-electron chi connectivity index (χ1n) is 6.28. The van der Waals surface area contributed by atoms with E-state index in [1.165, 1.54) is 0 Å². The van der Waals surface area contributed by atoms with E-state index < -0.39 is 0 Å². The van der Waals surface area contributed by atoms with E-state index >= 15 is 0 Å². The molecule has 0 aliphatic heterocycles. The molecule has 2 aromatic rings. The first-order chi connectivity index (χ1) is 9.33. The number of benzene rings is 1. The van der Waals surface area contributed by atoms with Crippen LogP contribution in [0.1, 0.15) is 12.5 Å². The number of ether oxygens (including phenoxy) is 2. The highest BCUT2D eigenvalue weighted by atomic mass is 16.5. The van der Waals surface area contributed by atoms with Gasteiger partial charge in [0.25, 0.3) is 0 Å². The number of anilines is 1. The Hall–Kier alpha value is -2.23. The highest BCUT2D eigenvalue weighted by Gasteiger charge is 2.03. The average molecular weight is 258 g/mol. The minimum atomic E-state index is 0.476. The second-order valence-electron chi connectivity index (χ2n) is 4.01. The molecule has 0 saturated carbocycles. The lowest BCUT2D eigenvalue weighted by atomic mass is 10.2. The van der Waals surface area contributed by atoms with Crippen molar-refractivity contribution >= 4 is 5.82 Å². The largest absolute Gasteiger partial charge is 0.497 e. The first-order valence-corrected chi connectivity index (χ1v) is 6.28. The third-order valence-electron chi connectivity index (χ3n) is 2.67. The summed E-state index contributed by atoms with van der Waals surface area (Å²) in [6.45, 7) is 3.36. The number of hydrogen-bond acceptors (Lipinski definition) is 4. The van der Waals surface area contributed by atoms with Crippen molar-refractivity contribution in [2.45, 2.75) is 13.5 Å². The molecule has 100 valence electrons. The third kappa shape index (κ3) is 3.61. The van der Waals surface area contributed by atoms with Gasteiger partial charge in [0.05, 0.1) is 7.11 Å². The van der Waals surface area contributed by atoms with Gasteiger partial charge in [-0.05, 0) is 25.1 Å². The van der Waals surface area contributed by atoms with Crippen molar-refractivity contribution < 1.29 is 9.47 Å². The molecule has 4 nitrogen and oxygen atoms in total. The van der Waals surface area contributed by atoms with Crippen LogP contribution in [0.4, 0.5) is 5.82 Å². The summed E-state index contributed by atoms with van der Waals surface area (Å²) in [7, 11) is 1.64. The molecule has 0 aliphatic carbocycles. The lowest BCUT2D eigenvalue weighted by Gasteiger charge is -2.11. The molecule has 0 radical (unpaired) electrons. The van der Waals surface area contributed by atoms with Gasteiger partial charge in [0, 0.05) is 24.4 Å². The summed E-state index contributed by atoms with van der Waals surface area (Å²) < 4.78 is 10.9. The van der Waals surface area contributed by atoms with Crippen molar-refractivity contribution in [1.29, 1.82) is 0 Å². The van der Waals surface area contributed by atoms with Gasteiger partial charge in [0.1, 0.15) is 23.9 Å². The van der Waals surface area contributed by atoms with Crippen LogP contribution in [-0.4, -0.2) is 18.6 Å². The van der Waals surface area contributed by atoms with Crippen LogP contribution in [-0.2, 0) is 6.61 Å². The Kier molecular flexibility index (Phi) is 4.61. The highest BCUT2D eigenvalue weighted by Crippen LogP contribution is 2.21. The van der Waals surface area contributed by atoms with E-state index in [-0.39, 0.29) is 0 Å². The van der Waals surface area contributed by atoms with Gasteiger partial charge in [-0.2, -0.15) is 0 Å². The van der Waals surface area contributed by atoms with Gasteiger partial charge >= 0.3 is 0 Å². The summed E-state index contributed by atoms with van der Waals surface area (Å²) in [6.07, 6.45) is 1.77. The second-order valence-corrected chi connectivity index (χ2v) is 4.01. The molecule has 1 heterocycles. The molecule has 0 spiro atoms. The van der Waals surface area contributed by atoms with Gasteiger partial charge in [-0.3, -0.25) is 0 Å². The van der Waals surface area contributed by atoms with Gasteiger partial charge in [-0.1, -0.05) is 12.1 Å². The van der Waals surface area contributed by atoms with Gasteiger partial charge < -0.3 is 14.8 Å². The Balaban J connectivity index is 2.05. The maximum atomic E-state index is 5.76. The van der Waals surface area contributed by atoms with E-state index in [1.54, 1.807) is 13.3 Å². The summed E-state index contributed by atoms with van der Waals surface area (Å²) in [5, 5.41) is 3.22. The predicted molar refractivity (Wildman–Crippen MR) is 75.7 cm³/mol. The molecule has 0 fully saturated rings. The molecule has 2 rings (SSSR count). The van der Waals surface area contributed by atoms with E-state index in [0.717, 1.165) is 29.4 Å². The zero-order chi connectivity index (χ0) is 13.5. The third-order valence-corrected chi connectivity index (χ3v) is 2.67. The van der Waals surface area contributed by atoms with Gasteiger partial charge in [0.15, 0.2) is 0 Å². The smallest absolute Gasteiger partial charge is 0.132 e. The topological polar surface area (TPSA) is 43.4 Å². The maximum Gasteiger partial charge on any atom is 0.132 e. The number of aromatic nitrogens is 1. The monoisotopic (exact) mass is 258 g/mol. The van der Waals surface area contributed by atoms with Crippen LogP contribution in [0.3, 0.4) is 0 Å². The minimum Gasteiger partial charge on any atom is -0.497 e. The molecule has 1 aromatic heterocycles. The van der Waals surface area contributed by atoms with Gasteiger partial charge in [0.2, 0.25) is 0 Å². The minimum absolute atomic E-state index is 0.476. The second kappa shape index (κ2) is 6.64. The number of nitrogens with one attached hydrogen (secondary N) is 1. The van der Waals surface area contributed by atoms with Gasteiger partial charge in [-0.25, -0.2) is 4.98 Å². The summed E-state index contributed by atoms with van der Waals surface area (Å²) in [5.74, 6) is 2.44. The molecule has 0 bridgehead atoms. The van der Waals surface area contributed by atoms with E-state index in [9.17, 15) is 0 Å². The van der Waals surface area contributed by atoms with Crippen molar-refractivity contribution in [3.8, 4) is 11.5 Å². The van der Waals surface area contributed by atoms with E-state index in [0.29, 0.717) is 6.61 Å². The van der Waals surface area contributed by atoms with E-state index in [4.69, 9.17) is 9.47 Å². The van der Waals surface area contributed by atoms with Crippen molar-refractivity contribution in [1.82, 2.24) is 4.98 Å². The SMILES string of the molecule is CCNc1ncccc1COc1cccc(OC)c1. The van der Waals surface area contributed by atoms with Crippen LogP contribution >= 0.6 is 0 Å². The van der Waals surface area contributed by atoms with Crippen LogP contribution in [0, 0.1) is 0 Å². The van der Waals surface area contributed by atoms with Crippen LogP contribution < -0.4 is 14.8 Å². The molecule has 0 atom stereocenters. The fourth-order valence-corrected chi connectivity index (χ4v) is 1.73. The lowest BCUT2D eigenvalue weighted by molar-refractivity contribution is 0.304. The number of hydrogen-bond donors (Lipinski definition) is 1. The highest BCUT2D eigenvalue weighted by molar-refractivity contribution is 5.43. The predicted octanol–water partition coefficient (Wildman–Crippen LogP) is 3.10. The Labute approximate surface area is 113 Å². The number of methoxy groups -OCH3 is 1. The fraction of sp³-hybridized carbons (Fsp3) is 0.267. The normalized spacial score (nSPS) is 10.0. The van der Waals surface area contributed by atoms with Crippen LogP contribution in [0.25, 0.3) is 0 Å². The van der Waals surface area contributed by atoms with Crippen molar-refractivity contribution in [3.05, 3.63) is 48.2 Å². The van der Waals surface area contributed by atoms with Crippen LogP contribution in [0.5, 0.6) is 11.5 Å². The molecule has 0 unspecified atom stereocenters. The molecule has 0 aliphatic rings. The molecule has 1 N–H and O–H groups in total. The van der Waals surface area contributed by atoms with Gasteiger partial charge in [-0.15, -0.1) is 0 Å². The molecule has 19 heavy (non-hydrogen) atoms. The lowest BCUT2D eigenvalue weighted by Crippen LogP contribution is -2.05. The Bertz CT molecular complexity index is 529. The Morgan fingerprint density at radius 1 is 1.16 bits per heavy atom. The van der Waals surface area contributed by atoms with E-state index in [2.05, 4.69) is 10.3 Å². The Morgan fingerprint density at radius 2 is 2.00 bits per heavy atom. The van der Waals surface area contributed by atoms with Crippen LogP contribution in [0.2, 0.25) is 0 Å². The molecular formula is C15H18N2O2. The zero-order valence-electron chi connectivity index (χ0n) is 11.2. The van der Waals surface area contributed by atoms with Crippen molar-refractivity contribution in [2.24, 2.45) is 0 Å². The quantitative estimate of drug-likeness (QED) is 0.864. The standard InChI is InChI=1S/C15H18N2O2/c1-3-16-15-12(6-5-9-17-15)11-19-14-8-4-7-13(10-14)18-2/h4-10H,3,11H2,1-2H3,(H,16,17). The van der Waals surface area contributed by atoms with Crippen molar-refractivity contribution in [3.63, 3.8) is 0 Å². The number of pyridine rings is 1. The summed E-state index contributed by atoms with van der Waals surface area (Å²) in [4.78, 5) is 4.30. The summed E-state index contributed by atoms with van der Waals surface area (Å²) in [6, 6.07) is 11.5. The number of nitrogens with zero attached hydrogens (tertiary/aromatic N) is 1. The van der Waals surface area contributed by atoms with Crippen LogP contribution in [0.15, 0.2) is 42.6 Å². The molecule has 0 amide bonds. The molecule has 1 aromatic carbocycles. The molecule has 4 heteroatoms. The average Bonchev–Trinajstić information content (AvgIpc) is 2.47. The van der Waals surface area contributed by atoms with E-state index in [1.807, 2.05) is 43.3 Å². The zero-order valence-corrected chi connectivity index (χ0v) is 11.2. The molecule has 0 saturated heterocycles. The fourth-order valence-electron chi connectivity index (χ4n) is 1.73. The Morgan fingerprint density at radius 3 is 2.79 bits per heavy atom. The maximum absolute atomic E-state index is 5.76.